The summed E-state index contributed by atoms with van der Waals surface area (Å²) in [6.07, 6.45) is 8.33. The van der Waals surface area contributed by atoms with Gasteiger partial charge in [0.25, 0.3) is 0 Å². The van der Waals surface area contributed by atoms with E-state index in [-0.39, 0.29) is 6.61 Å². The molecule has 0 aliphatic carbocycles. The first-order valence-electron chi connectivity index (χ1n) is 4.20. The fraction of sp³-hybridized carbons (Fsp3) is 0.273. The van der Waals surface area contributed by atoms with Crippen LogP contribution in [0, 0.1) is 0 Å². The highest BCUT2D eigenvalue weighted by Crippen LogP contribution is 2.24. The van der Waals surface area contributed by atoms with E-state index in [1.807, 2.05) is 25.2 Å². The standard InChI is InChI=1S/C11H16OS/c1-4-6-8-10(3)13-11(9-12)7-5-2/h4,6-8,12H,1,3,5,9H2,2H3/b8-6-,11-7-. The first-order valence-corrected chi connectivity index (χ1v) is 5.02. The van der Waals surface area contributed by atoms with Gasteiger partial charge in [0.1, 0.15) is 0 Å². The van der Waals surface area contributed by atoms with Crippen molar-refractivity contribution in [1.82, 2.24) is 0 Å². The van der Waals surface area contributed by atoms with Crippen LogP contribution in [0.2, 0.25) is 0 Å². The highest BCUT2D eigenvalue weighted by atomic mass is 32.2. The van der Waals surface area contributed by atoms with Crippen molar-refractivity contribution in [3.8, 4) is 0 Å². The average Bonchev–Trinajstić information content (AvgIpc) is 2.14. The van der Waals surface area contributed by atoms with E-state index >= 15 is 0 Å². The van der Waals surface area contributed by atoms with Crippen molar-refractivity contribution in [2.24, 2.45) is 0 Å². The maximum atomic E-state index is 8.96. The van der Waals surface area contributed by atoms with Crippen molar-refractivity contribution in [2.45, 2.75) is 13.3 Å². The molecule has 1 N–H and O–H groups in total. The molecule has 0 saturated heterocycles. The van der Waals surface area contributed by atoms with Crippen molar-refractivity contribution in [2.75, 3.05) is 6.61 Å². The Morgan fingerprint density at radius 2 is 2.23 bits per heavy atom. The number of hydrogen-bond acceptors (Lipinski definition) is 2. The van der Waals surface area contributed by atoms with E-state index in [4.69, 9.17) is 5.11 Å². The predicted octanol–water partition coefficient (Wildman–Crippen LogP) is 3.26. The summed E-state index contributed by atoms with van der Waals surface area (Å²) >= 11 is 1.49. The van der Waals surface area contributed by atoms with Gasteiger partial charge in [0, 0.05) is 9.81 Å². The zero-order valence-corrected chi connectivity index (χ0v) is 8.81. The normalized spacial score (nSPS) is 12.0. The van der Waals surface area contributed by atoms with Gasteiger partial charge in [0.15, 0.2) is 0 Å². The lowest BCUT2D eigenvalue weighted by molar-refractivity contribution is 0.339. The lowest BCUT2D eigenvalue weighted by Crippen LogP contribution is -1.84. The molecule has 0 fully saturated rings. The van der Waals surface area contributed by atoms with Crippen LogP contribution in [0.25, 0.3) is 0 Å². The van der Waals surface area contributed by atoms with Crippen molar-refractivity contribution < 1.29 is 5.11 Å². The van der Waals surface area contributed by atoms with Crippen molar-refractivity contribution in [1.29, 1.82) is 0 Å². The third kappa shape index (κ3) is 6.43. The number of hydrogen-bond donors (Lipinski definition) is 1. The molecule has 0 aromatic heterocycles. The molecule has 0 aromatic rings. The molecule has 1 nitrogen and oxygen atoms in total. The number of allylic oxidation sites excluding steroid dienone is 4. The molecule has 0 rings (SSSR count). The van der Waals surface area contributed by atoms with E-state index in [0.717, 1.165) is 16.2 Å². The molecule has 0 amide bonds. The maximum Gasteiger partial charge on any atom is 0.0740 e. The number of aliphatic hydroxyl groups excluding tert-OH is 1. The molecular weight excluding hydrogens is 180 g/mol. The Morgan fingerprint density at radius 3 is 2.69 bits per heavy atom. The van der Waals surface area contributed by atoms with E-state index in [1.165, 1.54) is 11.8 Å². The molecule has 0 heterocycles. The lowest BCUT2D eigenvalue weighted by Gasteiger charge is -2.02. The zero-order chi connectivity index (χ0) is 10.1. The van der Waals surface area contributed by atoms with Gasteiger partial charge in [-0.25, -0.2) is 0 Å². The second-order valence-electron chi connectivity index (χ2n) is 2.40. The fourth-order valence-corrected chi connectivity index (χ4v) is 1.54. The molecule has 0 saturated carbocycles. The van der Waals surface area contributed by atoms with Crippen LogP contribution >= 0.6 is 11.8 Å². The molecule has 2 heteroatoms. The highest BCUT2D eigenvalue weighted by Gasteiger charge is 1.96. The van der Waals surface area contributed by atoms with Crippen LogP contribution in [0.5, 0.6) is 0 Å². The van der Waals surface area contributed by atoms with Crippen LogP contribution in [-0.4, -0.2) is 11.7 Å². The first-order chi connectivity index (χ1) is 6.24. The summed E-state index contributed by atoms with van der Waals surface area (Å²) in [7, 11) is 0. The molecule has 13 heavy (non-hydrogen) atoms. The second kappa shape index (κ2) is 7.90. The summed E-state index contributed by atoms with van der Waals surface area (Å²) < 4.78 is 0. The van der Waals surface area contributed by atoms with Crippen LogP contribution in [0.3, 0.4) is 0 Å². The van der Waals surface area contributed by atoms with E-state index in [1.54, 1.807) is 6.08 Å². The Hall–Kier alpha value is -0.730. The van der Waals surface area contributed by atoms with E-state index < -0.39 is 0 Å². The predicted molar refractivity (Wildman–Crippen MR) is 61.5 cm³/mol. The van der Waals surface area contributed by atoms with E-state index in [2.05, 4.69) is 13.2 Å². The Labute approximate surface area is 84.5 Å². The maximum absolute atomic E-state index is 8.96. The average molecular weight is 196 g/mol. The van der Waals surface area contributed by atoms with E-state index in [9.17, 15) is 0 Å². The molecule has 0 bridgehead atoms. The molecule has 0 unspecified atom stereocenters. The summed E-state index contributed by atoms with van der Waals surface area (Å²) in [5.74, 6) is 0. The Balaban J connectivity index is 4.09. The number of thioether (sulfide) groups is 1. The van der Waals surface area contributed by atoms with Gasteiger partial charge in [-0.15, -0.1) is 0 Å². The molecule has 72 valence electrons. The molecule has 0 aromatic carbocycles. The molecule has 0 atom stereocenters. The largest absolute Gasteiger partial charge is 0.391 e. The van der Waals surface area contributed by atoms with Gasteiger partial charge in [-0.3, -0.25) is 0 Å². The van der Waals surface area contributed by atoms with Crippen molar-refractivity contribution in [3.63, 3.8) is 0 Å². The van der Waals surface area contributed by atoms with Gasteiger partial charge in [0.05, 0.1) is 6.61 Å². The third-order valence-corrected chi connectivity index (χ3v) is 2.22. The van der Waals surface area contributed by atoms with Gasteiger partial charge < -0.3 is 5.11 Å². The van der Waals surface area contributed by atoms with Crippen LogP contribution in [0.15, 0.2) is 47.3 Å². The van der Waals surface area contributed by atoms with Crippen LogP contribution in [0.4, 0.5) is 0 Å². The minimum atomic E-state index is 0.0828. The quantitative estimate of drug-likeness (QED) is 0.658. The van der Waals surface area contributed by atoms with Gasteiger partial charge in [-0.1, -0.05) is 50.1 Å². The summed E-state index contributed by atoms with van der Waals surface area (Å²) in [5.41, 5.74) is 0. The topological polar surface area (TPSA) is 20.2 Å². The van der Waals surface area contributed by atoms with Crippen LogP contribution in [-0.2, 0) is 0 Å². The van der Waals surface area contributed by atoms with Crippen molar-refractivity contribution in [3.05, 3.63) is 47.3 Å². The molecular formula is C11H16OS. The number of aliphatic hydroxyl groups is 1. The molecule has 0 aliphatic rings. The lowest BCUT2D eigenvalue weighted by atomic mass is 10.4. The Morgan fingerprint density at radius 1 is 1.54 bits per heavy atom. The second-order valence-corrected chi connectivity index (χ2v) is 3.65. The number of rotatable bonds is 6. The van der Waals surface area contributed by atoms with E-state index in [0.29, 0.717) is 0 Å². The SMILES string of the molecule is C=C/C=C\C(=C)S/C(=C\CC)CO. The first kappa shape index (κ1) is 12.3. The van der Waals surface area contributed by atoms with Gasteiger partial charge in [-0.05, 0) is 12.5 Å². The summed E-state index contributed by atoms with van der Waals surface area (Å²) in [4.78, 5) is 1.86. The smallest absolute Gasteiger partial charge is 0.0740 e. The Kier molecular flexibility index (Phi) is 7.45. The summed E-state index contributed by atoms with van der Waals surface area (Å²) in [6.45, 7) is 9.53. The molecule has 0 radical (unpaired) electrons. The minimum Gasteiger partial charge on any atom is -0.391 e. The zero-order valence-electron chi connectivity index (χ0n) is 7.99. The molecule has 0 aliphatic heterocycles. The fourth-order valence-electron chi connectivity index (χ4n) is 0.744. The van der Waals surface area contributed by atoms with Gasteiger partial charge in [0.2, 0.25) is 0 Å². The third-order valence-electron chi connectivity index (χ3n) is 1.27. The van der Waals surface area contributed by atoms with Gasteiger partial charge in [-0.2, -0.15) is 0 Å². The van der Waals surface area contributed by atoms with Crippen LogP contribution in [0.1, 0.15) is 13.3 Å². The summed E-state index contributed by atoms with van der Waals surface area (Å²) in [6, 6.07) is 0. The minimum absolute atomic E-state index is 0.0828. The molecule has 0 spiro atoms. The monoisotopic (exact) mass is 196 g/mol. The van der Waals surface area contributed by atoms with Crippen LogP contribution < -0.4 is 0 Å². The summed E-state index contributed by atoms with van der Waals surface area (Å²) in [5, 5.41) is 8.96. The van der Waals surface area contributed by atoms with Gasteiger partial charge >= 0.3 is 0 Å². The van der Waals surface area contributed by atoms with Crippen molar-refractivity contribution >= 4 is 11.8 Å². The highest BCUT2D eigenvalue weighted by molar-refractivity contribution is 8.06. The Bertz CT molecular complexity index is 226.